The van der Waals surface area contributed by atoms with Gasteiger partial charge in [0.2, 0.25) is 5.91 Å². The maximum Gasteiger partial charge on any atom is 0.236 e. The monoisotopic (exact) mass is 282 g/mol. The predicted octanol–water partition coefficient (Wildman–Crippen LogP) is 0.224. The smallest absolute Gasteiger partial charge is 0.236 e. The van der Waals surface area contributed by atoms with E-state index >= 15 is 0 Å². The first-order valence-electron chi connectivity index (χ1n) is 8.19. The Hall–Kier alpha value is -0.650. The summed E-state index contributed by atoms with van der Waals surface area (Å²) in [5.74, 6) is 0.312. The summed E-state index contributed by atoms with van der Waals surface area (Å²) in [6.45, 7) is 13.4. The third-order valence-corrected chi connectivity index (χ3v) is 4.30. The molecule has 0 saturated carbocycles. The van der Waals surface area contributed by atoms with Crippen molar-refractivity contribution in [2.45, 2.75) is 32.7 Å². The average Bonchev–Trinajstić information content (AvgIpc) is 2.43. The van der Waals surface area contributed by atoms with E-state index in [2.05, 4.69) is 29.0 Å². The summed E-state index contributed by atoms with van der Waals surface area (Å²) in [6.07, 6.45) is 2.10. The van der Waals surface area contributed by atoms with Crippen LogP contribution in [0.3, 0.4) is 0 Å². The minimum Gasteiger partial charge on any atom is -0.342 e. The molecule has 0 aliphatic carbocycles. The molecule has 0 unspecified atom stereocenters. The topological polar surface area (TPSA) is 38.8 Å². The van der Waals surface area contributed by atoms with Crippen LogP contribution in [0.2, 0.25) is 0 Å². The zero-order valence-corrected chi connectivity index (χ0v) is 13.1. The summed E-state index contributed by atoms with van der Waals surface area (Å²) in [7, 11) is 0. The molecule has 0 aromatic heterocycles. The quantitative estimate of drug-likeness (QED) is 0.725. The second-order valence-corrected chi connectivity index (χ2v) is 6.01. The molecule has 0 aromatic carbocycles. The Kier molecular flexibility index (Phi) is 6.26. The summed E-state index contributed by atoms with van der Waals surface area (Å²) in [5, 5.41) is 3.39. The van der Waals surface area contributed by atoms with Crippen molar-refractivity contribution in [1.82, 2.24) is 20.0 Å². The molecule has 0 spiro atoms. The number of hydrogen-bond acceptors (Lipinski definition) is 4. The lowest BCUT2D eigenvalue weighted by molar-refractivity contribution is -0.134. The lowest BCUT2D eigenvalue weighted by atomic mass is 10.1. The fraction of sp³-hybridized carbons (Fsp3) is 0.933. The van der Waals surface area contributed by atoms with Gasteiger partial charge in [-0.05, 0) is 12.8 Å². The number of piperazine rings is 1. The van der Waals surface area contributed by atoms with Gasteiger partial charge in [0, 0.05) is 58.4 Å². The van der Waals surface area contributed by atoms with Gasteiger partial charge in [-0.1, -0.05) is 13.8 Å². The highest BCUT2D eigenvalue weighted by Gasteiger charge is 2.33. The normalized spacial score (nSPS) is 21.7. The maximum atomic E-state index is 12.3. The van der Waals surface area contributed by atoms with Crippen molar-refractivity contribution in [2.75, 3.05) is 58.9 Å². The van der Waals surface area contributed by atoms with Crippen molar-refractivity contribution < 1.29 is 4.79 Å². The number of nitrogens with zero attached hydrogens (tertiary/aromatic N) is 3. The van der Waals surface area contributed by atoms with E-state index in [9.17, 15) is 4.79 Å². The first-order valence-corrected chi connectivity index (χ1v) is 8.19. The Bertz CT molecular complexity index is 292. The number of hydrogen-bond donors (Lipinski definition) is 1. The van der Waals surface area contributed by atoms with Crippen LogP contribution in [-0.4, -0.2) is 85.6 Å². The van der Waals surface area contributed by atoms with Crippen LogP contribution in [0.5, 0.6) is 0 Å². The van der Waals surface area contributed by atoms with Gasteiger partial charge in [0.1, 0.15) is 0 Å². The highest BCUT2D eigenvalue weighted by Crippen LogP contribution is 2.15. The van der Waals surface area contributed by atoms with Gasteiger partial charge in [-0.25, -0.2) is 0 Å². The maximum absolute atomic E-state index is 12.3. The summed E-state index contributed by atoms with van der Waals surface area (Å²) >= 11 is 0. The molecule has 5 nitrogen and oxygen atoms in total. The van der Waals surface area contributed by atoms with Crippen LogP contribution in [0.25, 0.3) is 0 Å². The molecule has 0 aromatic rings. The lowest BCUT2D eigenvalue weighted by Crippen LogP contribution is -2.63. The summed E-state index contributed by atoms with van der Waals surface area (Å²) < 4.78 is 0. The van der Waals surface area contributed by atoms with Crippen LogP contribution >= 0.6 is 0 Å². The van der Waals surface area contributed by atoms with Crippen LogP contribution in [0.1, 0.15) is 26.7 Å². The fourth-order valence-electron chi connectivity index (χ4n) is 3.14. The molecule has 1 N–H and O–H groups in total. The molecule has 0 bridgehead atoms. The molecule has 2 heterocycles. The summed E-state index contributed by atoms with van der Waals surface area (Å²) in [6, 6.07) is 0.677. The van der Waals surface area contributed by atoms with Crippen molar-refractivity contribution in [1.29, 1.82) is 0 Å². The van der Waals surface area contributed by atoms with Crippen molar-refractivity contribution in [3.8, 4) is 0 Å². The largest absolute Gasteiger partial charge is 0.342 e. The Labute approximate surface area is 123 Å². The van der Waals surface area contributed by atoms with E-state index < -0.39 is 0 Å². The van der Waals surface area contributed by atoms with E-state index in [0.29, 0.717) is 18.5 Å². The van der Waals surface area contributed by atoms with Crippen molar-refractivity contribution in [2.24, 2.45) is 0 Å². The number of carbonyl (C=O) groups is 1. The molecule has 2 aliphatic rings. The number of rotatable bonds is 7. The van der Waals surface area contributed by atoms with E-state index in [-0.39, 0.29) is 0 Å². The van der Waals surface area contributed by atoms with Gasteiger partial charge >= 0.3 is 0 Å². The Morgan fingerprint density at radius 1 is 1.15 bits per heavy atom. The van der Waals surface area contributed by atoms with Crippen LogP contribution in [0.15, 0.2) is 0 Å². The lowest BCUT2D eigenvalue weighted by Gasteiger charge is -2.46. The molecule has 2 fully saturated rings. The molecular weight excluding hydrogens is 252 g/mol. The van der Waals surface area contributed by atoms with Gasteiger partial charge in [0.15, 0.2) is 0 Å². The van der Waals surface area contributed by atoms with E-state index in [4.69, 9.17) is 0 Å². The first kappa shape index (κ1) is 15.7. The SMILES string of the molecule is CCCN(CCC)C(=O)CN1CC(N2CCNCC2)C1. The minimum atomic E-state index is 0.312. The van der Waals surface area contributed by atoms with Gasteiger partial charge in [-0.2, -0.15) is 0 Å². The van der Waals surface area contributed by atoms with Gasteiger partial charge in [0.05, 0.1) is 6.54 Å². The van der Waals surface area contributed by atoms with Crippen molar-refractivity contribution in [3.63, 3.8) is 0 Å². The summed E-state index contributed by atoms with van der Waals surface area (Å²) in [5.41, 5.74) is 0. The molecular formula is C15H30N4O. The average molecular weight is 282 g/mol. The van der Waals surface area contributed by atoms with Crippen LogP contribution in [0, 0.1) is 0 Å². The highest BCUT2D eigenvalue weighted by atomic mass is 16.2. The second kappa shape index (κ2) is 7.96. The zero-order valence-electron chi connectivity index (χ0n) is 13.1. The van der Waals surface area contributed by atoms with Gasteiger partial charge < -0.3 is 10.2 Å². The molecule has 20 heavy (non-hydrogen) atoms. The molecule has 2 aliphatic heterocycles. The van der Waals surface area contributed by atoms with Gasteiger partial charge in [-0.15, -0.1) is 0 Å². The third kappa shape index (κ3) is 4.17. The number of carbonyl (C=O) groups excluding carboxylic acids is 1. The number of likely N-dealkylation sites (tertiary alicyclic amines) is 1. The Balaban J connectivity index is 1.68. The first-order chi connectivity index (χ1) is 9.74. The van der Waals surface area contributed by atoms with E-state index in [1.807, 2.05) is 4.90 Å². The second-order valence-electron chi connectivity index (χ2n) is 6.01. The van der Waals surface area contributed by atoms with Gasteiger partial charge in [0.25, 0.3) is 0 Å². The molecule has 116 valence electrons. The van der Waals surface area contributed by atoms with Gasteiger partial charge in [-0.3, -0.25) is 14.6 Å². The number of nitrogens with one attached hydrogen (secondary N) is 1. The molecule has 1 amide bonds. The van der Waals surface area contributed by atoms with Crippen molar-refractivity contribution in [3.05, 3.63) is 0 Å². The van der Waals surface area contributed by atoms with Crippen molar-refractivity contribution >= 4 is 5.91 Å². The third-order valence-electron chi connectivity index (χ3n) is 4.30. The zero-order chi connectivity index (χ0) is 14.4. The molecule has 0 radical (unpaired) electrons. The minimum absolute atomic E-state index is 0.312. The summed E-state index contributed by atoms with van der Waals surface area (Å²) in [4.78, 5) is 19.2. The fourth-order valence-corrected chi connectivity index (χ4v) is 3.14. The van der Waals surface area contributed by atoms with E-state index in [0.717, 1.165) is 65.2 Å². The molecule has 5 heteroatoms. The van der Waals surface area contributed by atoms with Crippen LogP contribution in [0.4, 0.5) is 0 Å². The number of amides is 1. The molecule has 0 atom stereocenters. The Morgan fingerprint density at radius 3 is 2.30 bits per heavy atom. The predicted molar refractivity (Wildman–Crippen MR) is 81.8 cm³/mol. The van der Waals surface area contributed by atoms with E-state index in [1.54, 1.807) is 0 Å². The van der Waals surface area contributed by atoms with Crippen LogP contribution < -0.4 is 5.32 Å². The molecule has 2 saturated heterocycles. The van der Waals surface area contributed by atoms with E-state index in [1.165, 1.54) is 0 Å². The standard InChI is InChI=1S/C15H30N4O/c1-3-7-19(8-4-2)15(20)13-17-11-14(12-17)18-9-5-16-6-10-18/h14,16H,3-13H2,1-2H3. The molecule has 2 rings (SSSR count). The highest BCUT2D eigenvalue weighted by molar-refractivity contribution is 5.78. The van der Waals surface area contributed by atoms with Crippen LogP contribution in [-0.2, 0) is 4.79 Å². The Morgan fingerprint density at radius 2 is 1.75 bits per heavy atom.